The second-order valence-corrected chi connectivity index (χ2v) is 5.65. The Labute approximate surface area is 117 Å². The smallest absolute Gasteiger partial charge is 0.180 e. The first kappa shape index (κ1) is 13.9. The summed E-state index contributed by atoms with van der Waals surface area (Å²) in [6.07, 6.45) is 2.24. The Morgan fingerprint density at radius 3 is 2.53 bits per heavy atom. The van der Waals surface area contributed by atoms with Gasteiger partial charge in [0.05, 0.1) is 5.69 Å². The SMILES string of the molecule is CCCc1nnsc1C(=O)Cc1cc(C)cc(C)c1. The molecular formula is C15H18N2OS. The third-order valence-electron chi connectivity index (χ3n) is 2.94. The largest absolute Gasteiger partial charge is 0.293 e. The van der Waals surface area contributed by atoms with Gasteiger partial charge in [-0.3, -0.25) is 4.79 Å². The molecule has 4 heteroatoms. The molecule has 0 aliphatic carbocycles. The maximum absolute atomic E-state index is 12.3. The zero-order valence-electron chi connectivity index (χ0n) is 11.6. The van der Waals surface area contributed by atoms with Crippen molar-refractivity contribution >= 4 is 17.3 Å². The summed E-state index contributed by atoms with van der Waals surface area (Å²) >= 11 is 1.21. The number of benzene rings is 1. The Morgan fingerprint density at radius 1 is 1.21 bits per heavy atom. The number of rotatable bonds is 5. The molecule has 0 saturated carbocycles. The van der Waals surface area contributed by atoms with Gasteiger partial charge < -0.3 is 0 Å². The molecule has 0 atom stereocenters. The molecule has 3 nitrogen and oxygen atoms in total. The van der Waals surface area contributed by atoms with Crippen LogP contribution in [0.1, 0.15) is 45.4 Å². The predicted molar refractivity (Wildman–Crippen MR) is 77.9 cm³/mol. The van der Waals surface area contributed by atoms with Gasteiger partial charge in [-0.05, 0) is 37.4 Å². The first-order valence-electron chi connectivity index (χ1n) is 6.51. The van der Waals surface area contributed by atoms with Gasteiger partial charge >= 0.3 is 0 Å². The molecule has 2 rings (SSSR count). The van der Waals surface area contributed by atoms with Crippen LogP contribution in [-0.4, -0.2) is 15.4 Å². The number of ketones is 1. The van der Waals surface area contributed by atoms with Gasteiger partial charge in [0.2, 0.25) is 0 Å². The fourth-order valence-electron chi connectivity index (χ4n) is 2.26. The lowest BCUT2D eigenvalue weighted by molar-refractivity contribution is 0.0996. The van der Waals surface area contributed by atoms with E-state index < -0.39 is 0 Å². The van der Waals surface area contributed by atoms with Crippen LogP contribution in [0.4, 0.5) is 0 Å². The van der Waals surface area contributed by atoms with Gasteiger partial charge in [-0.2, -0.15) is 0 Å². The minimum absolute atomic E-state index is 0.128. The van der Waals surface area contributed by atoms with E-state index in [9.17, 15) is 4.79 Å². The molecule has 1 aromatic heterocycles. The van der Waals surface area contributed by atoms with Crippen LogP contribution in [0.3, 0.4) is 0 Å². The predicted octanol–water partition coefficient (Wildman–Crippen LogP) is 3.53. The van der Waals surface area contributed by atoms with Crippen molar-refractivity contribution in [3.05, 3.63) is 45.5 Å². The van der Waals surface area contributed by atoms with Crippen LogP contribution < -0.4 is 0 Å². The molecule has 19 heavy (non-hydrogen) atoms. The van der Waals surface area contributed by atoms with E-state index in [1.807, 2.05) is 0 Å². The van der Waals surface area contributed by atoms with Gasteiger partial charge in [0.25, 0.3) is 0 Å². The average Bonchev–Trinajstić information content (AvgIpc) is 2.76. The fourth-order valence-corrected chi connectivity index (χ4v) is 2.90. The normalized spacial score (nSPS) is 10.7. The Bertz CT molecular complexity index is 569. The first-order chi connectivity index (χ1) is 9.10. The zero-order valence-corrected chi connectivity index (χ0v) is 12.4. The lowest BCUT2D eigenvalue weighted by Crippen LogP contribution is -2.05. The molecule has 0 fully saturated rings. The molecule has 0 aliphatic rings. The summed E-state index contributed by atoms with van der Waals surface area (Å²) < 4.78 is 3.91. The summed E-state index contributed by atoms with van der Waals surface area (Å²) in [6.45, 7) is 6.19. The van der Waals surface area contributed by atoms with Crippen molar-refractivity contribution in [3.63, 3.8) is 0 Å². The number of Topliss-reactive ketones (excluding diaryl/α,β-unsaturated/α-hetero) is 1. The minimum Gasteiger partial charge on any atom is -0.293 e. The molecule has 1 aromatic carbocycles. The van der Waals surface area contributed by atoms with E-state index in [1.54, 1.807) is 0 Å². The van der Waals surface area contributed by atoms with Crippen LogP contribution in [0.15, 0.2) is 18.2 Å². The van der Waals surface area contributed by atoms with Crippen LogP contribution in [0.2, 0.25) is 0 Å². The Hall–Kier alpha value is -1.55. The van der Waals surface area contributed by atoms with Gasteiger partial charge in [-0.1, -0.05) is 47.2 Å². The molecule has 1 heterocycles. The zero-order chi connectivity index (χ0) is 13.8. The maximum atomic E-state index is 12.3. The number of carbonyl (C=O) groups is 1. The van der Waals surface area contributed by atoms with Crippen molar-refractivity contribution in [2.75, 3.05) is 0 Å². The van der Waals surface area contributed by atoms with E-state index in [1.165, 1.54) is 22.7 Å². The summed E-state index contributed by atoms with van der Waals surface area (Å²) in [4.78, 5) is 13.0. The Kier molecular flexibility index (Phi) is 4.43. The van der Waals surface area contributed by atoms with E-state index in [0.717, 1.165) is 29.0 Å². The summed E-state index contributed by atoms with van der Waals surface area (Å²) in [7, 11) is 0. The topological polar surface area (TPSA) is 42.9 Å². The van der Waals surface area contributed by atoms with Crippen LogP contribution >= 0.6 is 11.5 Å². The number of carbonyl (C=O) groups excluding carboxylic acids is 1. The van der Waals surface area contributed by atoms with Crippen LogP contribution in [0, 0.1) is 13.8 Å². The Balaban J connectivity index is 2.18. The highest BCUT2D eigenvalue weighted by Gasteiger charge is 2.16. The summed E-state index contributed by atoms with van der Waals surface area (Å²) in [6, 6.07) is 6.25. The van der Waals surface area contributed by atoms with Gasteiger partial charge in [0.15, 0.2) is 5.78 Å². The lowest BCUT2D eigenvalue weighted by atomic mass is 10.0. The van der Waals surface area contributed by atoms with E-state index >= 15 is 0 Å². The molecule has 0 saturated heterocycles. The lowest BCUT2D eigenvalue weighted by Gasteiger charge is -2.04. The second-order valence-electron chi connectivity index (χ2n) is 4.89. The van der Waals surface area contributed by atoms with Crippen molar-refractivity contribution in [3.8, 4) is 0 Å². The van der Waals surface area contributed by atoms with Crippen LogP contribution in [0.5, 0.6) is 0 Å². The quantitative estimate of drug-likeness (QED) is 0.783. The molecule has 100 valence electrons. The molecule has 0 radical (unpaired) electrons. The number of nitrogens with zero attached hydrogens (tertiary/aromatic N) is 2. The van der Waals surface area contributed by atoms with E-state index in [4.69, 9.17) is 0 Å². The number of hydrogen-bond acceptors (Lipinski definition) is 4. The fraction of sp³-hybridized carbons (Fsp3) is 0.400. The highest BCUT2D eigenvalue weighted by atomic mass is 32.1. The highest BCUT2D eigenvalue weighted by molar-refractivity contribution is 7.08. The minimum atomic E-state index is 0.128. The van der Waals surface area contributed by atoms with Gasteiger partial charge in [-0.25, -0.2) is 0 Å². The number of aryl methyl sites for hydroxylation is 3. The van der Waals surface area contributed by atoms with E-state index in [-0.39, 0.29) is 5.78 Å². The molecular weight excluding hydrogens is 256 g/mol. The van der Waals surface area contributed by atoms with Crippen molar-refractivity contribution < 1.29 is 4.79 Å². The Morgan fingerprint density at radius 2 is 1.89 bits per heavy atom. The molecule has 0 unspecified atom stereocenters. The standard InChI is InChI=1S/C15H18N2OS/c1-4-5-13-15(19-17-16-13)14(18)9-12-7-10(2)6-11(3)8-12/h6-8H,4-5,9H2,1-3H3. The van der Waals surface area contributed by atoms with Gasteiger partial charge in [0.1, 0.15) is 4.88 Å². The first-order valence-corrected chi connectivity index (χ1v) is 7.29. The summed E-state index contributed by atoms with van der Waals surface area (Å²) in [5.74, 6) is 0.128. The van der Waals surface area contributed by atoms with Gasteiger partial charge in [-0.15, -0.1) is 5.10 Å². The molecule has 0 aliphatic heterocycles. The molecule has 0 N–H and O–H groups in total. The molecule has 0 bridgehead atoms. The maximum Gasteiger partial charge on any atom is 0.180 e. The average molecular weight is 274 g/mol. The number of aromatic nitrogens is 2. The summed E-state index contributed by atoms with van der Waals surface area (Å²) in [5.41, 5.74) is 4.30. The number of hydrogen-bond donors (Lipinski definition) is 0. The van der Waals surface area contributed by atoms with Crippen molar-refractivity contribution in [2.24, 2.45) is 0 Å². The van der Waals surface area contributed by atoms with E-state index in [2.05, 4.69) is 48.6 Å². The third-order valence-corrected chi connectivity index (χ3v) is 3.75. The van der Waals surface area contributed by atoms with Crippen molar-refractivity contribution in [2.45, 2.75) is 40.0 Å². The molecule has 0 spiro atoms. The summed E-state index contributed by atoms with van der Waals surface area (Å²) in [5, 5.41) is 4.05. The van der Waals surface area contributed by atoms with Crippen molar-refractivity contribution in [1.82, 2.24) is 9.59 Å². The van der Waals surface area contributed by atoms with Crippen molar-refractivity contribution in [1.29, 1.82) is 0 Å². The third kappa shape index (κ3) is 3.47. The van der Waals surface area contributed by atoms with Gasteiger partial charge in [0, 0.05) is 6.42 Å². The monoisotopic (exact) mass is 274 g/mol. The van der Waals surface area contributed by atoms with Crippen LogP contribution in [0.25, 0.3) is 0 Å². The van der Waals surface area contributed by atoms with E-state index in [0.29, 0.717) is 6.42 Å². The molecule has 2 aromatic rings. The molecule has 0 amide bonds. The van der Waals surface area contributed by atoms with Crippen LogP contribution in [-0.2, 0) is 12.8 Å². The second kappa shape index (κ2) is 6.06. The highest BCUT2D eigenvalue weighted by Crippen LogP contribution is 2.17.